The summed E-state index contributed by atoms with van der Waals surface area (Å²) < 4.78 is 24.9. The van der Waals surface area contributed by atoms with Crippen LogP contribution in [-0.2, 0) is 4.74 Å². The third-order valence-corrected chi connectivity index (χ3v) is 4.17. The van der Waals surface area contributed by atoms with Crippen LogP contribution in [0.1, 0.15) is 11.9 Å². The normalized spacial score (nSPS) is 18.0. The van der Waals surface area contributed by atoms with Gasteiger partial charge in [-0.1, -0.05) is 24.3 Å². The minimum Gasteiger partial charge on any atom is -0.457 e. The molecule has 0 spiro atoms. The predicted octanol–water partition coefficient (Wildman–Crippen LogP) is 3.26. The zero-order valence-electron chi connectivity index (χ0n) is 12.9. The maximum Gasteiger partial charge on any atom is 0.193 e. The van der Waals surface area contributed by atoms with Crippen LogP contribution in [0, 0.1) is 5.82 Å². The first-order valence-corrected chi connectivity index (χ1v) is 7.87. The van der Waals surface area contributed by atoms with Crippen molar-refractivity contribution in [3.8, 4) is 11.1 Å². The highest BCUT2D eigenvalue weighted by molar-refractivity contribution is 5.91. The number of para-hydroxylation sites is 1. The minimum absolute atomic E-state index is 0.107. The number of nitrogens with one attached hydrogen (secondary N) is 1. The Morgan fingerprint density at radius 3 is 2.71 bits per heavy atom. The zero-order valence-corrected chi connectivity index (χ0v) is 12.9. The second kappa shape index (κ2) is 6.19. The van der Waals surface area contributed by atoms with Crippen molar-refractivity contribution in [2.75, 3.05) is 19.7 Å². The topological polar surface area (TPSA) is 51.5 Å². The van der Waals surface area contributed by atoms with Gasteiger partial charge in [-0.05, 0) is 23.8 Å². The van der Waals surface area contributed by atoms with Crippen molar-refractivity contribution < 1.29 is 13.5 Å². The van der Waals surface area contributed by atoms with Gasteiger partial charge in [0.05, 0.1) is 12.0 Å². The van der Waals surface area contributed by atoms with Gasteiger partial charge in [0.2, 0.25) is 0 Å². The van der Waals surface area contributed by atoms with Crippen molar-refractivity contribution in [3.63, 3.8) is 0 Å². The van der Waals surface area contributed by atoms with Gasteiger partial charge in [-0.3, -0.25) is 4.79 Å². The Balaban J connectivity index is 1.89. The third-order valence-electron chi connectivity index (χ3n) is 4.17. The molecule has 1 saturated heterocycles. The Morgan fingerprint density at radius 1 is 1.12 bits per heavy atom. The highest BCUT2D eigenvalue weighted by Crippen LogP contribution is 2.30. The number of rotatable bonds is 2. The Kier molecular flexibility index (Phi) is 3.88. The molecule has 1 atom stereocenters. The van der Waals surface area contributed by atoms with Crippen molar-refractivity contribution in [1.29, 1.82) is 0 Å². The summed E-state index contributed by atoms with van der Waals surface area (Å²) in [7, 11) is 0. The van der Waals surface area contributed by atoms with E-state index in [0.29, 0.717) is 29.9 Å². The van der Waals surface area contributed by atoms with E-state index in [1.54, 1.807) is 24.3 Å². The summed E-state index contributed by atoms with van der Waals surface area (Å²) in [5, 5.41) is 3.73. The van der Waals surface area contributed by atoms with Gasteiger partial charge in [0.1, 0.15) is 23.3 Å². The lowest BCUT2D eigenvalue weighted by molar-refractivity contribution is 0.0145. The van der Waals surface area contributed by atoms with Crippen molar-refractivity contribution in [2.45, 2.75) is 6.10 Å². The van der Waals surface area contributed by atoms with Crippen LogP contribution in [0.25, 0.3) is 22.1 Å². The maximum absolute atomic E-state index is 13.2. The van der Waals surface area contributed by atoms with Crippen LogP contribution in [0.2, 0.25) is 0 Å². The lowest BCUT2D eigenvalue weighted by Crippen LogP contribution is -2.33. The molecule has 1 fully saturated rings. The second-order valence-electron chi connectivity index (χ2n) is 5.77. The van der Waals surface area contributed by atoms with E-state index in [9.17, 15) is 9.18 Å². The van der Waals surface area contributed by atoms with Crippen LogP contribution in [0.4, 0.5) is 4.39 Å². The summed E-state index contributed by atoms with van der Waals surface area (Å²) in [6.07, 6.45) is -0.280. The van der Waals surface area contributed by atoms with E-state index in [-0.39, 0.29) is 17.3 Å². The van der Waals surface area contributed by atoms with Crippen LogP contribution in [0.3, 0.4) is 0 Å². The molecule has 3 aromatic rings. The molecular weight excluding hydrogens is 309 g/mol. The summed E-state index contributed by atoms with van der Waals surface area (Å²) in [5.41, 5.74) is 1.95. The lowest BCUT2D eigenvalue weighted by atomic mass is 10.0. The first kappa shape index (κ1) is 15.1. The summed E-state index contributed by atoms with van der Waals surface area (Å²) in [4.78, 5) is 12.5. The van der Waals surface area contributed by atoms with E-state index in [1.807, 2.05) is 6.07 Å². The SMILES string of the molecule is O=c1cc(C2CNCCO2)oc2c(-c3ccc(F)cc3)cccc12. The van der Waals surface area contributed by atoms with Gasteiger partial charge in [-0.25, -0.2) is 4.39 Å². The molecule has 0 bridgehead atoms. The molecule has 4 nitrogen and oxygen atoms in total. The molecule has 2 aromatic carbocycles. The van der Waals surface area contributed by atoms with Crippen LogP contribution in [0.5, 0.6) is 0 Å². The van der Waals surface area contributed by atoms with Crippen molar-refractivity contribution in [3.05, 3.63) is 70.3 Å². The number of ether oxygens (including phenoxy) is 1. The Labute approximate surface area is 137 Å². The highest BCUT2D eigenvalue weighted by Gasteiger charge is 2.20. The van der Waals surface area contributed by atoms with Crippen molar-refractivity contribution in [2.24, 2.45) is 0 Å². The predicted molar refractivity (Wildman–Crippen MR) is 89.4 cm³/mol. The fourth-order valence-electron chi connectivity index (χ4n) is 2.96. The zero-order chi connectivity index (χ0) is 16.5. The summed E-state index contributed by atoms with van der Waals surface area (Å²) in [5.74, 6) is 0.206. The number of fused-ring (bicyclic) bond motifs is 1. The highest BCUT2D eigenvalue weighted by atomic mass is 19.1. The monoisotopic (exact) mass is 325 g/mol. The average Bonchev–Trinajstić information content (AvgIpc) is 2.63. The number of hydrogen-bond donors (Lipinski definition) is 1. The Morgan fingerprint density at radius 2 is 1.96 bits per heavy atom. The van der Waals surface area contributed by atoms with Gasteiger partial charge in [0.25, 0.3) is 0 Å². The molecule has 2 heterocycles. The molecule has 0 saturated carbocycles. The van der Waals surface area contributed by atoms with E-state index in [0.717, 1.165) is 17.7 Å². The molecule has 1 aliphatic heterocycles. The fraction of sp³-hybridized carbons (Fsp3) is 0.211. The van der Waals surface area contributed by atoms with Crippen LogP contribution < -0.4 is 10.7 Å². The van der Waals surface area contributed by atoms with Crippen molar-refractivity contribution >= 4 is 11.0 Å². The molecular formula is C19H16FNO3. The second-order valence-corrected chi connectivity index (χ2v) is 5.77. The van der Waals surface area contributed by atoms with Gasteiger partial charge in [-0.15, -0.1) is 0 Å². The van der Waals surface area contributed by atoms with E-state index in [1.165, 1.54) is 18.2 Å². The van der Waals surface area contributed by atoms with Crippen LogP contribution in [-0.4, -0.2) is 19.7 Å². The number of benzene rings is 2. The largest absolute Gasteiger partial charge is 0.457 e. The van der Waals surface area contributed by atoms with Gasteiger partial charge in [0, 0.05) is 24.7 Å². The molecule has 0 radical (unpaired) electrons. The van der Waals surface area contributed by atoms with Gasteiger partial charge < -0.3 is 14.5 Å². The molecule has 0 aliphatic carbocycles. The van der Waals surface area contributed by atoms with Gasteiger partial charge in [0.15, 0.2) is 5.43 Å². The first-order valence-electron chi connectivity index (χ1n) is 7.87. The van der Waals surface area contributed by atoms with E-state index in [2.05, 4.69) is 5.32 Å². The molecule has 1 aliphatic rings. The van der Waals surface area contributed by atoms with Gasteiger partial charge in [-0.2, -0.15) is 0 Å². The Bertz CT molecular complexity index is 927. The molecule has 1 unspecified atom stereocenters. The third kappa shape index (κ3) is 2.72. The minimum atomic E-state index is -0.303. The lowest BCUT2D eigenvalue weighted by Gasteiger charge is -2.23. The van der Waals surface area contributed by atoms with E-state index in [4.69, 9.17) is 9.15 Å². The van der Waals surface area contributed by atoms with Crippen LogP contribution >= 0.6 is 0 Å². The smallest absolute Gasteiger partial charge is 0.193 e. The molecule has 4 rings (SSSR count). The van der Waals surface area contributed by atoms with E-state index < -0.39 is 0 Å². The molecule has 122 valence electrons. The maximum atomic E-state index is 13.2. The van der Waals surface area contributed by atoms with E-state index >= 15 is 0 Å². The molecule has 5 heteroatoms. The first-order chi connectivity index (χ1) is 11.7. The standard InChI is InChI=1S/C19H16FNO3/c20-13-6-4-12(5-7-13)14-2-1-3-15-16(22)10-17(24-19(14)15)18-11-21-8-9-23-18/h1-7,10,18,21H,8-9,11H2. The quantitative estimate of drug-likeness (QED) is 0.786. The number of halogens is 1. The molecule has 0 amide bonds. The number of morpholine rings is 1. The molecule has 1 N–H and O–H groups in total. The van der Waals surface area contributed by atoms with Crippen molar-refractivity contribution in [1.82, 2.24) is 5.32 Å². The fourth-order valence-corrected chi connectivity index (χ4v) is 2.96. The van der Waals surface area contributed by atoms with Gasteiger partial charge >= 0.3 is 0 Å². The number of hydrogen-bond acceptors (Lipinski definition) is 4. The summed E-state index contributed by atoms with van der Waals surface area (Å²) in [6, 6.07) is 13.0. The molecule has 1 aromatic heterocycles. The summed E-state index contributed by atoms with van der Waals surface area (Å²) >= 11 is 0. The average molecular weight is 325 g/mol. The molecule has 24 heavy (non-hydrogen) atoms. The van der Waals surface area contributed by atoms with Crippen LogP contribution in [0.15, 0.2) is 57.7 Å². The summed E-state index contributed by atoms with van der Waals surface area (Å²) in [6.45, 7) is 1.97. The Hall–Kier alpha value is -2.50.